The molecule has 0 bridgehead atoms. The van der Waals surface area contributed by atoms with E-state index >= 15 is 0 Å². The van der Waals surface area contributed by atoms with Gasteiger partial charge in [-0.05, 0) is 57.4 Å². The van der Waals surface area contributed by atoms with E-state index < -0.39 is 5.60 Å². The van der Waals surface area contributed by atoms with Crippen molar-refractivity contribution in [1.82, 2.24) is 4.90 Å². The predicted octanol–water partition coefficient (Wildman–Crippen LogP) is 2.56. The Morgan fingerprint density at radius 3 is 2.58 bits per heavy atom. The Balaban J connectivity index is 1.56. The van der Waals surface area contributed by atoms with Gasteiger partial charge >= 0.3 is 0 Å². The van der Waals surface area contributed by atoms with E-state index in [0.717, 1.165) is 45.2 Å². The van der Waals surface area contributed by atoms with E-state index in [9.17, 15) is 10.2 Å². The van der Waals surface area contributed by atoms with Gasteiger partial charge in [-0.15, -0.1) is 0 Å². The molecule has 0 aromatic heterocycles. The molecule has 4 heteroatoms. The predicted molar refractivity (Wildman–Crippen MR) is 98.5 cm³/mol. The summed E-state index contributed by atoms with van der Waals surface area (Å²) >= 11 is 0. The van der Waals surface area contributed by atoms with Crippen molar-refractivity contribution in [2.75, 3.05) is 31.6 Å². The third-order valence-electron chi connectivity index (χ3n) is 5.86. The van der Waals surface area contributed by atoms with Crippen LogP contribution in [-0.2, 0) is 0 Å². The summed E-state index contributed by atoms with van der Waals surface area (Å²) in [4.78, 5) is 4.57. The molecule has 2 N–H and O–H groups in total. The normalized spacial score (nSPS) is 27.5. The van der Waals surface area contributed by atoms with Crippen LogP contribution in [0.1, 0.15) is 44.1 Å². The number of benzene rings is 1. The number of aliphatic hydroxyl groups excluding tert-OH is 1. The van der Waals surface area contributed by atoms with Gasteiger partial charge in [-0.25, -0.2) is 0 Å². The van der Waals surface area contributed by atoms with Crippen LogP contribution in [0.5, 0.6) is 0 Å². The number of hydrogen-bond donors (Lipinski definition) is 2. The Bertz CT molecular complexity index is 540. The topological polar surface area (TPSA) is 46.9 Å². The fourth-order valence-electron chi connectivity index (χ4n) is 4.35. The van der Waals surface area contributed by atoms with E-state index in [1.54, 1.807) is 0 Å². The van der Waals surface area contributed by atoms with Gasteiger partial charge in [-0.3, -0.25) is 4.90 Å². The summed E-state index contributed by atoms with van der Waals surface area (Å²) in [5, 5.41) is 21.3. The number of hydrogen-bond acceptors (Lipinski definition) is 4. The first-order valence-corrected chi connectivity index (χ1v) is 9.39. The Labute approximate surface area is 146 Å². The van der Waals surface area contributed by atoms with Crippen LogP contribution in [0.4, 0.5) is 5.69 Å². The minimum absolute atomic E-state index is 0.206. The van der Waals surface area contributed by atoms with E-state index in [4.69, 9.17) is 0 Å². The maximum atomic E-state index is 11.0. The first-order chi connectivity index (χ1) is 11.5. The maximum absolute atomic E-state index is 11.0. The van der Waals surface area contributed by atoms with Crippen LogP contribution in [-0.4, -0.2) is 59.5 Å². The van der Waals surface area contributed by atoms with Crippen LogP contribution in [0.25, 0.3) is 0 Å². The van der Waals surface area contributed by atoms with Crippen molar-refractivity contribution in [3.05, 3.63) is 29.8 Å². The molecule has 1 saturated heterocycles. The molecule has 1 aliphatic carbocycles. The average Bonchev–Trinajstić information content (AvgIpc) is 2.55. The van der Waals surface area contributed by atoms with E-state index in [-0.39, 0.29) is 12.1 Å². The number of piperidine rings is 1. The monoisotopic (exact) mass is 332 g/mol. The highest BCUT2D eigenvalue weighted by atomic mass is 16.3. The zero-order valence-electron chi connectivity index (χ0n) is 15.1. The molecule has 1 aromatic carbocycles. The molecule has 2 fully saturated rings. The number of likely N-dealkylation sites (N-methyl/N-ethyl adjacent to an activating group) is 1. The van der Waals surface area contributed by atoms with Gasteiger partial charge in [0.15, 0.2) is 0 Å². The number of rotatable bonds is 4. The summed E-state index contributed by atoms with van der Waals surface area (Å²) in [6, 6.07) is 8.80. The molecule has 134 valence electrons. The molecule has 0 spiro atoms. The summed E-state index contributed by atoms with van der Waals surface area (Å²) in [6.45, 7) is 4.56. The van der Waals surface area contributed by atoms with E-state index in [1.807, 2.05) is 0 Å². The molecule has 1 saturated carbocycles. The molecular formula is C20H32N2O2. The van der Waals surface area contributed by atoms with Gasteiger partial charge in [0.25, 0.3) is 0 Å². The zero-order chi connectivity index (χ0) is 17.2. The van der Waals surface area contributed by atoms with Crippen molar-refractivity contribution in [2.24, 2.45) is 0 Å². The van der Waals surface area contributed by atoms with Gasteiger partial charge in [0.2, 0.25) is 0 Å². The first-order valence-electron chi connectivity index (χ1n) is 9.39. The third kappa shape index (κ3) is 4.11. The van der Waals surface area contributed by atoms with Crippen molar-refractivity contribution in [3.63, 3.8) is 0 Å². The lowest BCUT2D eigenvalue weighted by molar-refractivity contribution is -0.0448. The Hall–Kier alpha value is -1.10. The summed E-state index contributed by atoms with van der Waals surface area (Å²) in [5.41, 5.74) is 1.90. The number of nitrogens with zero attached hydrogens (tertiary/aromatic N) is 2. The van der Waals surface area contributed by atoms with Gasteiger partial charge in [0.05, 0.1) is 11.7 Å². The van der Waals surface area contributed by atoms with Crippen LogP contribution < -0.4 is 4.90 Å². The highest BCUT2D eigenvalue weighted by molar-refractivity contribution is 5.48. The highest BCUT2D eigenvalue weighted by Crippen LogP contribution is 2.30. The fraction of sp³-hybridized carbons (Fsp3) is 0.700. The zero-order valence-corrected chi connectivity index (χ0v) is 15.1. The number of aryl methyl sites for hydroxylation is 1. The van der Waals surface area contributed by atoms with E-state index in [2.05, 4.69) is 48.0 Å². The van der Waals surface area contributed by atoms with Crippen molar-refractivity contribution in [2.45, 2.75) is 63.2 Å². The molecule has 1 aliphatic heterocycles. The van der Waals surface area contributed by atoms with Crippen LogP contribution in [0.3, 0.4) is 0 Å². The van der Waals surface area contributed by atoms with Crippen molar-refractivity contribution in [1.29, 1.82) is 0 Å². The largest absolute Gasteiger partial charge is 0.391 e. The third-order valence-corrected chi connectivity index (χ3v) is 5.86. The molecular weight excluding hydrogens is 300 g/mol. The lowest BCUT2D eigenvalue weighted by Crippen LogP contribution is -2.54. The fourth-order valence-corrected chi connectivity index (χ4v) is 4.35. The Morgan fingerprint density at radius 2 is 1.92 bits per heavy atom. The van der Waals surface area contributed by atoms with Crippen molar-refractivity contribution in [3.8, 4) is 0 Å². The SMILES string of the molecule is Cc1cccc(N2CCC(O)(CN(C)[C@H]3CCCC[C@@H]3O)CC2)c1. The van der Waals surface area contributed by atoms with Gasteiger partial charge in [0.1, 0.15) is 0 Å². The van der Waals surface area contributed by atoms with Gasteiger partial charge in [0, 0.05) is 31.4 Å². The summed E-state index contributed by atoms with van der Waals surface area (Å²) in [5.74, 6) is 0. The van der Waals surface area contributed by atoms with Crippen LogP contribution in [0.15, 0.2) is 24.3 Å². The molecule has 3 rings (SSSR count). The molecule has 2 aliphatic rings. The van der Waals surface area contributed by atoms with E-state index in [1.165, 1.54) is 17.7 Å². The molecule has 1 aromatic rings. The van der Waals surface area contributed by atoms with Crippen LogP contribution in [0.2, 0.25) is 0 Å². The lowest BCUT2D eigenvalue weighted by atomic mass is 9.87. The highest BCUT2D eigenvalue weighted by Gasteiger charge is 2.36. The maximum Gasteiger partial charge on any atom is 0.0807 e. The summed E-state index contributed by atoms with van der Waals surface area (Å²) in [7, 11) is 2.06. The molecule has 0 amide bonds. The van der Waals surface area contributed by atoms with Gasteiger partial charge in [-0.1, -0.05) is 25.0 Å². The van der Waals surface area contributed by atoms with Crippen molar-refractivity contribution >= 4 is 5.69 Å². The molecule has 2 atom stereocenters. The molecule has 24 heavy (non-hydrogen) atoms. The quantitative estimate of drug-likeness (QED) is 0.890. The van der Waals surface area contributed by atoms with Crippen LogP contribution >= 0.6 is 0 Å². The first kappa shape index (κ1) is 17.7. The van der Waals surface area contributed by atoms with E-state index in [0.29, 0.717) is 6.54 Å². The smallest absolute Gasteiger partial charge is 0.0807 e. The van der Waals surface area contributed by atoms with Crippen molar-refractivity contribution < 1.29 is 10.2 Å². The lowest BCUT2D eigenvalue weighted by Gasteiger charge is -2.44. The molecule has 0 unspecified atom stereocenters. The number of anilines is 1. The second-order valence-electron chi connectivity index (χ2n) is 7.88. The van der Waals surface area contributed by atoms with Gasteiger partial charge < -0.3 is 15.1 Å². The number of aliphatic hydroxyl groups is 2. The standard InChI is InChI=1S/C20H32N2O2/c1-16-6-5-7-17(14-16)22-12-10-20(24,11-13-22)15-21(2)18-8-3-4-9-19(18)23/h5-7,14,18-19,23-24H,3-4,8-13,15H2,1-2H3/t18-,19-/m0/s1. The Morgan fingerprint density at radius 1 is 1.21 bits per heavy atom. The Kier molecular flexibility index (Phi) is 5.48. The second kappa shape index (κ2) is 7.42. The minimum Gasteiger partial charge on any atom is -0.391 e. The molecule has 4 nitrogen and oxygen atoms in total. The van der Waals surface area contributed by atoms with Crippen LogP contribution in [0, 0.1) is 6.92 Å². The average molecular weight is 332 g/mol. The second-order valence-corrected chi connectivity index (χ2v) is 7.88. The minimum atomic E-state index is -0.633. The van der Waals surface area contributed by atoms with Gasteiger partial charge in [-0.2, -0.15) is 0 Å². The molecule has 0 radical (unpaired) electrons. The summed E-state index contributed by atoms with van der Waals surface area (Å²) in [6.07, 6.45) is 5.59. The summed E-state index contributed by atoms with van der Waals surface area (Å²) < 4.78 is 0. The molecule has 1 heterocycles.